The third-order valence-electron chi connectivity index (χ3n) is 1.72. The lowest BCUT2D eigenvalue weighted by molar-refractivity contribution is 0.372. The minimum absolute atomic E-state index is 0.00921. The summed E-state index contributed by atoms with van der Waals surface area (Å²) in [5, 5.41) is 0.917. The fourth-order valence-electron chi connectivity index (χ4n) is 1.20. The summed E-state index contributed by atoms with van der Waals surface area (Å²) < 4.78 is 35.0. The van der Waals surface area contributed by atoms with E-state index in [1.54, 1.807) is 12.3 Å². The Hall–Kier alpha value is -1.53. The topological polar surface area (TPSA) is 82.2 Å². The molecule has 0 atom stereocenters. The molecule has 0 saturated carbocycles. The quantitative estimate of drug-likeness (QED) is 0.594. The van der Waals surface area contributed by atoms with Crippen molar-refractivity contribution in [3.8, 4) is 5.75 Å². The van der Waals surface area contributed by atoms with Crippen molar-refractivity contribution in [2.45, 2.75) is 0 Å². The van der Waals surface area contributed by atoms with E-state index in [1.807, 2.05) is 6.07 Å². The first-order chi connectivity index (χ1) is 6.54. The number of fused-ring (bicyclic) bond motifs is 1. The fourth-order valence-corrected chi connectivity index (χ4v) is 1.54. The minimum Gasteiger partial charge on any atom is -0.716 e. The molecule has 0 aliphatic carbocycles. The molecule has 14 heavy (non-hydrogen) atoms. The van der Waals surface area contributed by atoms with Gasteiger partial charge in [0.25, 0.3) is 10.4 Å². The molecule has 1 N–H and O–H groups in total. The Morgan fingerprint density at radius 2 is 2.07 bits per heavy atom. The highest BCUT2D eigenvalue weighted by atomic mass is 32.3. The Morgan fingerprint density at radius 1 is 1.29 bits per heavy atom. The maximum atomic E-state index is 10.3. The van der Waals surface area contributed by atoms with Gasteiger partial charge in [0.1, 0.15) is 5.75 Å². The van der Waals surface area contributed by atoms with E-state index in [-0.39, 0.29) is 5.75 Å². The Kier molecular flexibility index (Phi) is 1.94. The molecule has 0 fully saturated rings. The molecule has 0 spiro atoms. The molecule has 0 bridgehead atoms. The van der Waals surface area contributed by atoms with E-state index >= 15 is 0 Å². The highest BCUT2D eigenvalue weighted by Gasteiger charge is 2.00. The van der Waals surface area contributed by atoms with Crippen LogP contribution in [0.15, 0.2) is 30.5 Å². The second kappa shape index (κ2) is 3.00. The monoisotopic (exact) mass is 212 g/mol. The molecule has 74 valence electrons. The van der Waals surface area contributed by atoms with Crippen LogP contribution in [0.25, 0.3) is 10.9 Å². The molecule has 1 aromatic carbocycles. The summed E-state index contributed by atoms with van der Waals surface area (Å²) in [6.45, 7) is 0. The molecule has 0 radical (unpaired) electrons. The van der Waals surface area contributed by atoms with Gasteiger partial charge in [0.05, 0.1) is 0 Å². The molecule has 2 rings (SSSR count). The van der Waals surface area contributed by atoms with E-state index in [0.29, 0.717) is 5.52 Å². The SMILES string of the molecule is O=S(=O)([O-])Oc1ccc2cc[nH]c2c1. The number of rotatable bonds is 2. The van der Waals surface area contributed by atoms with Gasteiger partial charge in [-0.25, -0.2) is 8.42 Å². The highest BCUT2D eigenvalue weighted by Crippen LogP contribution is 2.20. The average Bonchev–Trinajstić information content (AvgIpc) is 2.47. The third-order valence-corrected chi connectivity index (χ3v) is 2.12. The van der Waals surface area contributed by atoms with Crippen LogP contribution in [0, 0.1) is 0 Å². The van der Waals surface area contributed by atoms with Crippen LogP contribution in [-0.4, -0.2) is 18.0 Å². The summed E-state index contributed by atoms with van der Waals surface area (Å²) in [6, 6.07) is 6.35. The molecule has 6 heteroatoms. The number of nitrogens with one attached hydrogen (secondary N) is 1. The lowest BCUT2D eigenvalue weighted by Gasteiger charge is -2.08. The number of aromatic amines is 1. The van der Waals surface area contributed by atoms with Crippen LogP contribution in [0.2, 0.25) is 0 Å². The molecule has 0 saturated heterocycles. The zero-order valence-electron chi connectivity index (χ0n) is 6.93. The van der Waals surface area contributed by atoms with E-state index < -0.39 is 10.4 Å². The molecule has 1 heterocycles. The van der Waals surface area contributed by atoms with Gasteiger partial charge >= 0.3 is 0 Å². The molecule has 0 unspecified atom stereocenters. The molecular formula is C8H6NO4S-. The van der Waals surface area contributed by atoms with Crippen LogP contribution in [0.5, 0.6) is 5.75 Å². The van der Waals surface area contributed by atoms with Gasteiger partial charge < -0.3 is 13.7 Å². The van der Waals surface area contributed by atoms with Crippen molar-refractivity contribution >= 4 is 21.3 Å². The van der Waals surface area contributed by atoms with E-state index in [4.69, 9.17) is 0 Å². The van der Waals surface area contributed by atoms with Gasteiger partial charge in [0.2, 0.25) is 0 Å². The number of hydrogen-bond acceptors (Lipinski definition) is 4. The van der Waals surface area contributed by atoms with Gasteiger partial charge in [-0.3, -0.25) is 0 Å². The smallest absolute Gasteiger partial charge is 0.262 e. The average molecular weight is 212 g/mol. The first kappa shape index (κ1) is 9.04. The number of hydrogen-bond donors (Lipinski definition) is 1. The van der Waals surface area contributed by atoms with Crippen LogP contribution >= 0.6 is 0 Å². The van der Waals surface area contributed by atoms with Crippen molar-refractivity contribution in [2.75, 3.05) is 0 Å². The summed E-state index contributed by atoms with van der Waals surface area (Å²) in [5.41, 5.74) is 0.714. The third kappa shape index (κ3) is 1.86. The maximum Gasteiger partial charge on any atom is 0.262 e. The van der Waals surface area contributed by atoms with Crippen molar-refractivity contribution in [2.24, 2.45) is 0 Å². The number of H-pyrrole nitrogens is 1. The van der Waals surface area contributed by atoms with Crippen LogP contribution in [0.1, 0.15) is 0 Å². The normalized spacial score (nSPS) is 11.8. The summed E-state index contributed by atoms with van der Waals surface area (Å²) in [4.78, 5) is 2.87. The molecule has 5 nitrogen and oxygen atoms in total. The van der Waals surface area contributed by atoms with Crippen molar-refractivity contribution in [3.63, 3.8) is 0 Å². The number of aromatic nitrogens is 1. The lowest BCUT2D eigenvalue weighted by Crippen LogP contribution is -2.06. The summed E-state index contributed by atoms with van der Waals surface area (Å²) in [5.74, 6) is 0.00921. The van der Waals surface area contributed by atoms with E-state index in [0.717, 1.165) is 5.39 Å². The van der Waals surface area contributed by atoms with Crippen molar-refractivity contribution < 1.29 is 17.2 Å². The fraction of sp³-hybridized carbons (Fsp3) is 0. The highest BCUT2D eigenvalue weighted by molar-refractivity contribution is 7.81. The standard InChI is InChI=1S/C8H7NO4S/c10-14(11,12)13-7-2-1-6-3-4-9-8(6)5-7/h1-5,9H,(H,10,11,12)/p-1. The van der Waals surface area contributed by atoms with Crippen molar-refractivity contribution in [3.05, 3.63) is 30.5 Å². The van der Waals surface area contributed by atoms with Crippen molar-refractivity contribution in [1.29, 1.82) is 0 Å². The molecular weight excluding hydrogens is 206 g/mol. The number of benzene rings is 1. The summed E-state index contributed by atoms with van der Waals surface area (Å²) >= 11 is 0. The van der Waals surface area contributed by atoms with Gasteiger partial charge in [-0.2, -0.15) is 0 Å². The van der Waals surface area contributed by atoms with Crippen LogP contribution in [-0.2, 0) is 10.4 Å². The second-order valence-electron chi connectivity index (χ2n) is 2.72. The predicted molar refractivity (Wildman–Crippen MR) is 48.6 cm³/mol. The van der Waals surface area contributed by atoms with E-state index in [2.05, 4.69) is 9.17 Å². The van der Waals surface area contributed by atoms with E-state index in [1.165, 1.54) is 12.1 Å². The Balaban J connectivity index is 2.44. The maximum absolute atomic E-state index is 10.3. The molecule has 0 aliphatic rings. The first-order valence-corrected chi connectivity index (χ1v) is 5.10. The van der Waals surface area contributed by atoms with Crippen LogP contribution in [0.4, 0.5) is 0 Å². The second-order valence-corrected chi connectivity index (χ2v) is 3.70. The zero-order valence-corrected chi connectivity index (χ0v) is 7.74. The molecule has 0 aliphatic heterocycles. The minimum atomic E-state index is -4.69. The van der Waals surface area contributed by atoms with Gasteiger partial charge in [0, 0.05) is 17.8 Å². The van der Waals surface area contributed by atoms with Gasteiger partial charge in [0.15, 0.2) is 0 Å². The Bertz CT molecular complexity index is 557. The van der Waals surface area contributed by atoms with Gasteiger partial charge in [-0.15, -0.1) is 0 Å². The van der Waals surface area contributed by atoms with Crippen molar-refractivity contribution in [1.82, 2.24) is 4.98 Å². The summed E-state index contributed by atoms with van der Waals surface area (Å²) in [6.07, 6.45) is 1.71. The Morgan fingerprint density at radius 3 is 2.79 bits per heavy atom. The van der Waals surface area contributed by atoms with Crippen LogP contribution in [0.3, 0.4) is 0 Å². The summed E-state index contributed by atoms with van der Waals surface area (Å²) in [7, 11) is -4.69. The first-order valence-electron chi connectivity index (χ1n) is 3.77. The predicted octanol–water partition coefficient (Wildman–Crippen LogP) is 1.01. The lowest BCUT2D eigenvalue weighted by atomic mass is 10.2. The van der Waals surface area contributed by atoms with E-state index in [9.17, 15) is 13.0 Å². The molecule has 1 aromatic heterocycles. The van der Waals surface area contributed by atoms with Gasteiger partial charge in [-0.05, 0) is 23.6 Å². The molecule has 0 amide bonds. The van der Waals surface area contributed by atoms with Crippen LogP contribution < -0.4 is 4.18 Å². The zero-order chi connectivity index (χ0) is 10.2. The largest absolute Gasteiger partial charge is 0.716 e. The molecule has 2 aromatic rings. The Labute approximate surface area is 80.3 Å². The van der Waals surface area contributed by atoms with Gasteiger partial charge in [-0.1, -0.05) is 0 Å².